The van der Waals surface area contributed by atoms with Gasteiger partial charge in [-0.25, -0.2) is 9.78 Å². The van der Waals surface area contributed by atoms with Crippen LogP contribution in [-0.4, -0.2) is 30.8 Å². The molecule has 2 N–H and O–H groups in total. The zero-order valence-electron chi connectivity index (χ0n) is 16.6. The molecule has 2 aromatic rings. The predicted octanol–water partition coefficient (Wildman–Crippen LogP) is 2.15. The molecule has 0 unspecified atom stereocenters. The fourth-order valence-electron chi connectivity index (χ4n) is 6.53. The topological polar surface area (TPSA) is 92.9 Å². The number of rotatable bonds is 7. The first-order chi connectivity index (χ1) is 13.6. The van der Waals surface area contributed by atoms with E-state index in [1.54, 1.807) is 4.57 Å². The molecular formula is C21H30N4O3. The minimum atomic E-state index is -0.299. The van der Waals surface area contributed by atoms with Gasteiger partial charge in [-0.3, -0.25) is 13.9 Å². The largest absolute Gasteiger partial charge is 0.396 e. The maximum absolute atomic E-state index is 13.1. The Morgan fingerprint density at radius 1 is 1.11 bits per heavy atom. The van der Waals surface area contributed by atoms with Crippen molar-refractivity contribution in [1.82, 2.24) is 19.1 Å². The molecule has 6 rings (SSSR count). The summed E-state index contributed by atoms with van der Waals surface area (Å²) in [6, 6.07) is 0. The lowest BCUT2D eigenvalue weighted by molar-refractivity contribution is 0.262. The number of nitrogens with one attached hydrogen (secondary N) is 1. The minimum absolute atomic E-state index is 0.00860. The third-order valence-corrected chi connectivity index (χ3v) is 7.60. The van der Waals surface area contributed by atoms with E-state index in [0.29, 0.717) is 36.6 Å². The number of H-pyrrole nitrogens is 1. The zero-order valence-corrected chi connectivity index (χ0v) is 16.6. The lowest BCUT2D eigenvalue weighted by Gasteiger charge is -2.30. The molecule has 2 heterocycles. The Morgan fingerprint density at radius 2 is 1.82 bits per heavy atom. The molecule has 7 heteroatoms. The summed E-state index contributed by atoms with van der Waals surface area (Å²) in [7, 11) is 0. The van der Waals surface area contributed by atoms with Gasteiger partial charge in [0.15, 0.2) is 5.65 Å². The van der Waals surface area contributed by atoms with Gasteiger partial charge in [-0.2, -0.15) is 0 Å². The van der Waals surface area contributed by atoms with Crippen LogP contribution in [0.15, 0.2) is 9.59 Å². The molecule has 0 aromatic carbocycles. The standard InChI is InChI=1S/C21H30N4O3/c1-2-3-5-25-18(27)16-17(24(20(25)28)6-4-7-26)23-19(22-16)21-11-13-8-14(12-21)10-15(21)9-13/h13-15,26H,2-12H2,1H3,(H,22,23)/t13-,14-,15?,21?/m0/s1. The average Bonchev–Trinajstić information content (AvgIpc) is 3.30. The number of unbranched alkanes of at least 4 members (excludes halogenated alkanes) is 1. The quantitative estimate of drug-likeness (QED) is 0.762. The highest BCUT2D eigenvalue weighted by Crippen LogP contribution is 2.65. The third-order valence-electron chi connectivity index (χ3n) is 7.60. The van der Waals surface area contributed by atoms with Gasteiger partial charge in [0.05, 0.1) is 0 Å². The molecule has 0 radical (unpaired) electrons. The first-order valence-electron chi connectivity index (χ1n) is 10.9. The summed E-state index contributed by atoms with van der Waals surface area (Å²) < 4.78 is 2.94. The Morgan fingerprint density at radius 3 is 2.50 bits per heavy atom. The number of aliphatic hydroxyl groups is 1. The second kappa shape index (κ2) is 6.58. The van der Waals surface area contributed by atoms with E-state index < -0.39 is 0 Å². The molecule has 28 heavy (non-hydrogen) atoms. The highest BCUT2D eigenvalue weighted by molar-refractivity contribution is 5.70. The van der Waals surface area contributed by atoms with Crippen molar-refractivity contribution in [3.63, 3.8) is 0 Å². The molecule has 4 bridgehead atoms. The van der Waals surface area contributed by atoms with Crippen LogP contribution >= 0.6 is 0 Å². The maximum atomic E-state index is 13.1. The summed E-state index contributed by atoms with van der Waals surface area (Å²) in [6.45, 7) is 2.86. The minimum Gasteiger partial charge on any atom is -0.396 e. The van der Waals surface area contributed by atoms with Crippen molar-refractivity contribution >= 4 is 11.2 Å². The second-order valence-corrected chi connectivity index (χ2v) is 9.31. The third kappa shape index (κ3) is 2.48. The number of aliphatic hydroxyl groups excluding tert-OH is 1. The number of nitrogens with zero attached hydrogens (tertiary/aromatic N) is 3. The van der Waals surface area contributed by atoms with E-state index >= 15 is 0 Å². The number of aromatic amines is 1. The molecule has 4 aliphatic carbocycles. The average molecular weight is 386 g/mol. The monoisotopic (exact) mass is 386 g/mol. The smallest absolute Gasteiger partial charge is 0.332 e. The van der Waals surface area contributed by atoms with Crippen LogP contribution in [0.1, 0.15) is 64.1 Å². The first-order valence-corrected chi connectivity index (χ1v) is 10.9. The Labute approximate surface area is 163 Å². The number of hydrogen-bond acceptors (Lipinski definition) is 4. The van der Waals surface area contributed by atoms with Crippen LogP contribution in [0.5, 0.6) is 0 Å². The molecule has 4 fully saturated rings. The summed E-state index contributed by atoms with van der Waals surface area (Å²) in [6.07, 6.45) is 8.43. The molecule has 152 valence electrons. The molecule has 4 saturated carbocycles. The van der Waals surface area contributed by atoms with Crippen molar-refractivity contribution in [3.05, 3.63) is 26.7 Å². The number of hydrogen-bond donors (Lipinski definition) is 2. The molecule has 0 aliphatic heterocycles. The van der Waals surface area contributed by atoms with E-state index in [-0.39, 0.29) is 23.3 Å². The summed E-state index contributed by atoms with van der Waals surface area (Å²) in [5, 5.41) is 9.28. The van der Waals surface area contributed by atoms with Crippen LogP contribution < -0.4 is 11.2 Å². The molecule has 4 aliphatic rings. The molecular weight excluding hydrogens is 356 g/mol. The molecule has 7 nitrogen and oxygen atoms in total. The van der Waals surface area contributed by atoms with E-state index in [0.717, 1.165) is 30.5 Å². The molecule has 0 saturated heterocycles. The fourth-order valence-corrected chi connectivity index (χ4v) is 6.53. The van der Waals surface area contributed by atoms with Crippen LogP contribution in [0.3, 0.4) is 0 Å². The van der Waals surface area contributed by atoms with Gasteiger partial charge in [0, 0.05) is 25.1 Å². The van der Waals surface area contributed by atoms with Gasteiger partial charge in [-0.15, -0.1) is 0 Å². The molecule has 2 atom stereocenters. The normalized spacial score (nSPS) is 30.7. The van der Waals surface area contributed by atoms with Gasteiger partial charge in [0.1, 0.15) is 11.3 Å². The number of fused-ring (bicyclic) bond motifs is 1. The summed E-state index contributed by atoms with van der Waals surface area (Å²) in [5.74, 6) is 3.18. The van der Waals surface area contributed by atoms with Gasteiger partial charge in [0.25, 0.3) is 5.56 Å². The van der Waals surface area contributed by atoms with Crippen molar-refractivity contribution in [1.29, 1.82) is 0 Å². The van der Waals surface area contributed by atoms with E-state index in [1.807, 2.05) is 6.92 Å². The van der Waals surface area contributed by atoms with Crippen LogP contribution in [-0.2, 0) is 18.5 Å². The van der Waals surface area contributed by atoms with Crippen LogP contribution in [0.2, 0.25) is 0 Å². The van der Waals surface area contributed by atoms with E-state index in [2.05, 4.69) is 4.98 Å². The van der Waals surface area contributed by atoms with Crippen molar-refractivity contribution in [2.45, 2.75) is 76.8 Å². The SMILES string of the molecule is CCCCn1c(=O)c2[nH]c(C34C[C@@H]5CC3C[C@H](C5)C4)nc2n(CCCO)c1=O. The highest BCUT2D eigenvalue weighted by Gasteiger charge is 2.59. The summed E-state index contributed by atoms with van der Waals surface area (Å²) in [4.78, 5) is 34.4. The molecule has 0 amide bonds. The Balaban J connectivity index is 1.67. The lowest BCUT2D eigenvalue weighted by atomic mass is 9.75. The number of imidazole rings is 1. The Hall–Kier alpha value is -1.89. The van der Waals surface area contributed by atoms with Crippen LogP contribution in [0, 0.1) is 17.8 Å². The maximum Gasteiger partial charge on any atom is 0.332 e. The summed E-state index contributed by atoms with van der Waals surface area (Å²) in [5.41, 5.74) is 0.468. The molecule has 0 spiro atoms. The second-order valence-electron chi connectivity index (χ2n) is 9.31. The van der Waals surface area contributed by atoms with Crippen molar-refractivity contribution in [3.8, 4) is 0 Å². The van der Waals surface area contributed by atoms with Gasteiger partial charge >= 0.3 is 5.69 Å². The van der Waals surface area contributed by atoms with Gasteiger partial charge in [0.2, 0.25) is 0 Å². The van der Waals surface area contributed by atoms with Crippen LogP contribution in [0.25, 0.3) is 11.2 Å². The van der Waals surface area contributed by atoms with E-state index in [9.17, 15) is 14.7 Å². The molecule has 2 aromatic heterocycles. The summed E-state index contributed by atoms with van der Waals surface area (Å²) >= 11 is 0. The van der Waals surface area contributed by atoms with Gasteiger partial charge in [-0.1, -0.05) is 13.3 Å². The lowest BCUT2D eigenvalue weighted by Crippen LogP contribution is -2.40. The Bertz CT molecular complexity index is 1000. The first kappa shape index (κ1) is 18.2. The number of aryl methyl sites for hydroxylation is 1. The van der Waals surface area contributed by atoms with E-state index in [1.165, 1.54) is 36.7 Å². The zero-order chi connectivity index (χ0) is 19.5. The van der Waals surface area contributed by atoms with Gasteiger partial charge < -0.3 is 10.1 Å². The highest BCUT2D eigenvalue weighted by atomic mass is 16.3. The van der Waals surface area contributed by atoms with Crippen LogP contribution in [0.4, 0.5) is 0 Å². The predicted molar refractivity (Wildman–Crippen MR) is 106 cm³/mol. The number of aromatic nitrogens is 4. The van der Waals surface area contributed by atoms with Crippen molar-refractivity contribution < 1.29 is 5.11 Å². The van der Waals surface area contributed by atoms with E-state index in [4.69, 9.17) is 4.98 Å². The van der Waals surface area contributed by atoms with Gasteiger partial charge in [-0.05, 0) is 62.7 Å². The fraction of sp³-hybridized carbons (Fsp3) is 0.762. The van der Waals surface area contributed by atoms with Crippen molar-refractivity contribution in [2.24, 2.45) is 17.8 Å². The van der Waals surface area contributed by atoms with Crippen molar-refractivity contribution in [2.75, 3.05) is 6.61 Å². The Kier molecular flexibility index (Phi) is 4.27.